The minimum Gasteiger partial charge on any atom is -0.474 e. The van der Waals surface area contributed by atoms with Gasteiger partial charge in [0.2, 0.25) is 0 Å². The number of Topliss-reactive ketones (excluding diaryl/α,β-unsaturated/α-hetero) is 1. The van der Waals surface area contributed by atoms with Crippen LogP contribution in [0, 0.1) is 6.92 Å². The van der Waals surface area contributed by atoms with E-state index in [1.165, 1.54) is 4.90 Å². The van der Waals surface area contributed by atoms with Crippen LogP contribution < -0.4 is 15.4 Å². The minimum atomic E-state index is -1.07. The summed E-state index contributed by atoms with van der Waals surface area (Å²) in [6.45, 7) is 5.17. The van der Waals surface area contributed by atoms with E-state index in [0.717, 1.165) is 5.56 Å². The van der Waals surface area contributed by atoms with Crippen LogP contribution in [0.4, 0.5) is 11.6 Å². The number of nitrogens with two attached hydrogens (primary N) is 1. The zero-order valence-corrected chi connectivity index (χ0v) is 13.9. The predicted molar refractivity (Wildman–Crippen MR) is 91.2 cm³/mol. The summed E-state index contributed by atoms with van der Waals surface area (Å²) in [7, 11) is 0. The van der Waals surface area contributed by atoms with Gasteiger partial charge in [0.05, 0.1) is 6.54 Å². The van der Waals surface area contributed by atoms with Crippen LogP contribution in [0.25, 0.3) is 0 Å². The summed E-state index contributed by atoms with van der Waals surface area (Å²) in [4.78, 5) is 30.8. The SMILES string of the molecule is Cc1ccc(C(=O)CN2C(=O)C(C)(C)Oc3ccc(N)nc32)cc1. The molecule has 0 saturated carbocycles. The van der Waals surface area contributed by atoms with Crippen LogP contribution in [0.15, 0.2) is 36.4 Å². The summed E-state index contributed by atoms with van der Waals surface area (Å²) >= 11 is 0. The maximum Gasteiger partial charge on any atom is 0.272 e. The third-order valence-electron chi connectivity index (χ3n) is 3.92. The molecule has 1 aliphatic heterocycles. The molecule has 124 valence electrons. The maximum atomic E-state index is 12.7. The molecule has 0 unspecified atom stereocenters. The van der Waals surface area contributed by atoms with Crippen LogP contribution in [0.3, 0.4) is 0 Å². The number of fused-ring (bicyclic) bond motifs is 1. The quantitative estimate of drug-likeness (QED) is 0.876. The molecule has 0 radical (unpaired) electrons. The fourth-order valence-electron chi connectivity index (χ4n) is 2.58. The number of ether oxygens (including phenoxy) is 1. The van der Waals surface area contributed by atoms with E-state index in [0.29, 0.717) is 11.3 Å². The molecule has 0 atom stereocenters. The van der Waals surface area contributed by atoms with E-state index >= 15 is 0 Å². The van der Waals surface area contributed by atoms with Crippen molar-refractivity contribution in [2.45, 2.75) is 26.4 Å². The van der Waals surface area contributed by atoms with E-state index < -0.39 is 5.60 Å². The number of carbonyl (C=O) groups is 2. The molecule has 0 bridgehead atoms. The number of hydrogen-bond acceptors (Lipinski definition) is 5. The van der Waals surface area contributed by atoms with E-state index in [1.807, 2.05) is 19.1 Å². The van der Waals surface area contributed by atoms with Crippen LogP contribution in [0.2, 0.25) is 0 Å². The smallest absolute Gasteiger partial charge is 0.272 e. The molecule has 2 N–H and O–H groups in total. The standard InChI is InChI=1S/C18H19N3O3/c1-11-4-6-12(7-5-11)13(22)10-21-16-14(8-9-15(19)20-16)24-18(2,3)17(21)23/h4-9H,10H2,1-3H3,(H2,19,20). The molecule has 1 aliphatic rings. The number of nitrogens with zero attached hydrogens (tertiary/aromatic N) is 2. The van der Waals surface area contributed by atoms with Crippen molar-refractivity contribution in [3.63, 3.8) is 0 Å². The Bertz CT molecular complexity index is 813. The lowest BCUT2D eigenvalue weighted by Crippen LogP contribution is -2.54. The molecule has 0 aliphatic carbocycles. The van der Waals surface area contributed by atoms with Gasteiger partial charge in [-0.15, -0.1) is 0 Å². The Balaban J connectivity index is 1.96. The number of nitrogen functional groups attached to an aromatic ring is 1. The molecule has 6 nitrogen and oxygen atoms in total. The van der Waals surface area contributed by atoms with Crippen LogP contribution in [0.5, 0.6) is 5.75 Å². The number of aromatic nitrogens is 1. The molecule has 1 aromatic heterocycles. The average molecular weight is 325 g/mol. The zero-order chi connectivity index (χ0) is 17.5. The molecule has 3 rings (SSSR count). The molecule has 1 aromatic carbocycles. The lowest BCUT2D eigenvalue weighted by Gasteiger charge is -2.37. The van der Waals surface area contributed by atoms with Crippen molar-refractivity contribution in [3.8, 4) is 5.75 Å². The first kappa shape index (κ1) is 16.0. The summed E-state index contributed by atoms with van der Waals surface area (Å²) in [5.74, 6) is 0.479. The van der Waals surface area contributed by atoms with Crippen molar-refractivity contribution in [2.24, 2.45) is 0 Å². The Hall–Kier alpha value is -2.89. The molecule has 2 aromatic rings. The number of pyridine rings is 1. The number of hydrogen-bond donors (Lipinski definition) is 1. The Labute approximate surface area is 140 Å². The van der Waals surface area contributed by atoms with Crippen molar-refractivity contribution in [2.75, 3.05) is 17.2 Å². The highest BCUT2D eigenvalue weighted by Gasteiger charge is 2.42. The van der Waals surface area contributed by atoms with Gasteiger partial charge in [0.1, 0.15) is 5.82 Å². The van der Waals surface area contributed by atoms with Crippen molar-refractivity contribution >= 4 is 23.3 Å². The molecule has 24 heavy (non-hydrogen) atoms. The number of ketones is 1. The Morgan fingerprint density at radius 3 is 2.54 bits per heavy atom. The van der Waals surface area contributed by atoms with Gasteiger partial charge < -0.3 is 10.5 Å². The van der Waals surface area contributed by atoms with E-state index in [2.05, 4.69) is 4.98 Å². The monoisotopic (exact) mass is 325 g/mol. The number of benzene rings is 1. The zero-order valence-electron chi connectivity index (χ0n) is 13.9. The first-order valence-corrected chi connectivity index (χ1v) is 7.65. The third kappa shape index (κ3) is 2.82. The first-order valence-electron chi connectivity index (χ1n) is 7.65. The van der Waals surface area contributed by atoms with E-state index in [-0.39, 0.29) is 29.9 Å². The topological polar surface area (TPSA) is 85.5 Å². The van der Waals surface area contributed by atoms with Gasteiger partial charge in [-0.05, 0) is 32.9 Å². The Morgan fingerprint density at radius 1 is 1.21 bits per heavy atom. The molecule has 2 heterocycles. The van der Waals surface area contributed by atoms with Crippen LogP contribution in [-0.4, -0.2) is 28.8 Å². The van der Waals surface area contributed by atoms with Gasteiger partial charge in [0.25, 0.3) is 5.91 Å². The summed E-state index contributed by atoms with van der Waals surface area (Å²) in [5.41, 5.74) is 6.26. The largest absolute Gasteiger partial charge is 0.474 e. The normalized spacial score (nSPS) is 15.6. The highest BCUT2D eigenvalue weighted by atomic mass is 16.5. The predicted octanol–water partition coefficient (Wildman–Crippen LogP) is 2.36. The summed E-state index contributed by atoms with van der Waals surface area (Å²) < 4.78 is 5.70. The molecular formula is C18H19N3O3. The summed E-state index contributed by atoms with van der Waals surface area (Å²) in [6, 6.07) is 10.5. The summed E-state index contributed by atoms with van der Waals surface area (Å²) in [5, 5.41) is 0. The van der Waals surface area contributed by atoms with Crippen molar-refractivity contribution < 1.29 is 14.3 Å². The number of carbonyl (C=O) groups excluding carboxylic acids is 2. The van der Waals surface area contributed by atoms with Gasteiger partial charge in [-0.25, -0.2) is 4.98 Å². The highest BCUT2D eigenvalue weighted by Crippen LogP contribution is 2.36. The van der Waals surface area contributed by atoms with Gasteiger partial charge in [-0.2, -0.15) is 0 Å². The first-order chi connectivity index (χ1) is 11.3. The molecule has 1 amide bonds. The maximum absolute atomic E-state index is 12.7. The van der Waals surface area contributed by atoms with E-state index in [9.17, 15) is 9.59 Å². The van der Waals surface area contributed by atoms with E-state index in [4.69, 9.17) is 10.5 Å². The van der Waals surface area contributed by atoms with Gasteiger partial charge in [0.15, 0.2) is 23.0 Å². The van der Waals surface area contributed by atoms with Crippen molar-refractivity contribution in [3.05, 3.63) is 47.5 Å². The molecular weight excluding hydrogens is 306 g/mol. The van der Waals surface area contributed by atoms with Gasteiger partial charge in [-0.3, -0.25) is 14.5 Å². The molecule has 0 spiro atoms. The van der Waals surface area contributed by atoms with Crippen molar-refractivity contribution in [1.29, 1.82) is 0 Å². The second-order valence-corrected chi connectivity index (χ2v) is 6.35. The summed E-state index contributed by atoms with van der Waals surface area (Å²) in [6.07, 6.45) is 0. The lowest BCUT2D eigenvalue weighted by molar-refractivity contribution is -0.132. The fourth-order valence-corrected chi connectivity index (χ4v) is 2.58. The van der Waals surface area contributed by atoms with Gasteiger partial charge in [-0.1, -0.05) is 29.8 Å². The number of aryl methyl sites for hydroxylation is 1. The number of anilines is 2. The number of rotatable bonds is 3. The second kappa shape index (κ2) is 5.63. The van der Waals surface area contributed by atoms with Crippen molar-refractivity contribution in [1.82, 2.24) is 4.98 Å². The molecule has 0 saturated heterocycles. The minimum absolute atomic E-state index is 0.113. The molecule has 6 heteroatoms. The van der Waals surface area contributed by atoms with Crippen LogP contribution >= 0.6 is 0 Å². The van der Waals surface area contributed by atoms with Gasteiger partial charge >= 0.3 is 0 Å². The number of amides is 1. The van der Waals surface area contributed by atoms with E-state index in [1.54, 1.807) is 38.1 Å². The van der Waals surface area contributed by atoms with Gasteiger partial charge in [0, 0.05) is 5.56 Å². The fraction of sp³-hybridized carbons (Fsp3) is 0.278. The van der Waals surface area contributed by atoms with Crippen LogP contribution in [0.1, 0.15) is 29.8 Å². The Kier molecular flexibility index (Phi) is 3.75. The second-order valence-electron chi connectivity index (χ2n) is 6.35. The van der Waals surface area contributed by atoms with Crippen LogP contribution in [-0.2, 0) is 4.79 Å². The average Bonchev–Trinajstić information content (AvgIpc) is 2.53. The Morgan fingerprint density at radius 2 is 1.88 bits per heavy atom. The lowest BCUT2D eigenvalue weighted by atomic mass is 10.0. The highest BCUT2D eigenvalue weighted by molar-refractivity contribution is 6.09. The third-order valence-corrected chi connectivity index (χ3v) is 3.92. The molecule has 0 fully saturated rings.